The van der Waals surface area contributed by atoms with Gasteiger partial charge < -0.3 is 5.32 Å². The summed E-state index contributed by atoms with van der Waals surface area (Å²) < 4.78 is 0. The number of aromatic nitrogens is 1. The average molecular weight is 255 g/mol. The fraction of sp³-hybridized carbons (Fsp3) is 0.538. The Kier molecular flexibility index (Phi) is 5.98. The summed E-state index contributed by atoms with van der Waals surface area (Å²) in [6.07, 6.45) is 4.87. The Morgan fingerprint density at radius 3 is 2.76 bits per heavy atom. The fourth-order valence-corrected chi connectivity index (χ4v) is 1.60. The molecule has 1 aromatic rings. The summed E-state index contributed by atoms with van der Waals surface area (Å²) in [4.78, 5) is 15.5. The van der Waals surface area contributed by atoms with E-state index >= 15 is 0 Å². The molecule has 0 aliphatic rings. The highest BCUT2D eigenvalue weighted by Gasteiger charge is 2.04. The van der Waals surface area contributed by atoms with E-state index in [0.717, 1.165) is 18.8 Å². The fourth-order valence-electron chi connectivity index (χ4n) is 1.49. The van der Waals surface area contributed by atoms with Crippen LogP contribution in [0.4, 0.5) is 0 Å². The van der Waals surface area contributed by atoms with Gasteiger partial charge in [0, 0.05) is 12.7 Å². The second kappa shape index (κ2) is 7.28. The van der Waals surface area contributed by atoms with Gasteiger partial charge in [0.25, 0.3) is 5.91 Å². The molecule has 0 spiro atoms. The highest BCUT2D eigenvalue weighted by Crippen LogP contribution is 2.06. The molecule has 0 aliphatic heterocycles. The molecule has 3 nitrogen and oxygen atoms in total. The van der Waals surface area contributed by atoms with Crippen LogP contribution in [0.1, 0.15) is 43.5 Å². The zero-order valence-electron chi connectivity index (χ0n) is 10.4. The minimum absolute atomic E-state index is 0.0845. The van der Waals surface area contributed by atoms with Crippen molar-refractivity contribution >= 4 is 17.5 Å². The first-order valence-corrected chi connectivity index (χ1v) is 6.37. The molecule has 0 radical (unpaired) electrons. The standard InChI is InChI=1S/C13H19ClN2O/c1-10(2)5-3-4-8-15-13(17)11-6-7-12(14)16-9-11/h6-7,9-10H,3-5,8H2,1-2H3,(H,15,17). The van der Waals surface area contributed by atoms with Gasteiger partial charge in [0.05, 0.1) is 5.56 Å². The van der Waals surface area contributed by atoms with Gasteiger partial charge in [0.1, 0.15) is 5.15 Å². The van der Waals surface area contributed by atoms with Gasteiger partial charge in [-0.15, -0.1) is 0 Å². The maximum Gasteiger partial charge on any atom is 0.252 e. The molecule has 1 N–H and O–H groups in total. The lowest BCUT2D eigenvalue weighted by atomic mass is 10.1. The minimum Gasteiger partial charge on any atom is -0.352 e. The maximum absolute atomic E-state index is 11.7. The SMILES string of the molecule is CC(C)CCCCNC(=O)c1ccc(Cl)nc1. The highest BCUT2D eigenvalue weighted by molar-refractivity contribution is 6.29. The van der Waals surface area contributed by atoms with Crippen molar-refractivity contribution in [2.75, 3.05) is 6.54 Å². The normalized spacial score (nSPS) is 10.6. The van der Waals surface area contributed by atoms with Crippen LogP contribution in [0.25, 0.3) is 0 Å². The van der Waals surface area contributed by atoms with Crippen LogP contribution in [-0.4, -0.2) is 17.4 Å². The monoisotopic (exact) mass is 254 g/mol. The van der Waals surface area contributed by atoms with E-state index in [1.807, 2.05) is 0 Å². The number of unbranched alkanes of at least 4 members (excludes halogenated alkanes) is 1. The van der Waals surface area contributed by atoms with Crippen LogP contribution in [-0.2, 0) is 0 Å². The molecule has 0 saturated heterocycles. The Bertz CT molecular complexity index is 349. The van der Waals surface area contributed by atoms with E-state index in [-0.39, 0.29) is 5.91 Å². The number of hydrogen-bond donors (Lipinski definition) is 1. The van der Waals surface area contributed by atoms with Crippen LogP contribution >= 0.6 is 11.6 Å². The second-order valence-corrected chi connectivity index (χ2v) is 4.90. The van der Waals surface area contributed by atoms with Gasteiger partial charge >= 0.3 is 0 Å². The molecule has 4 heteroatoms. The largest absolute Gasteiger partial charge is 0.352 e. The quantitative estimate of drug-likeness (QED) is 0.625. The number of halogens is 1. The molecule has 0 saturated carbocycles. The molecule has 0 aromatic carbocycles. The second-order valence-electron chi connectivity index (χ2n) is 4.52. The van der Waals surface area contributed by atoms with Crippen LogP contribution in [0.2, 0.25) is 5.15 Å². The Labute approximate surface area is 108 Å². The summed E-state index contributed by atoms with van der Waals surface area (Å²) in [5.41, 5.74) is 0.554. The van der Waals surface area contributed by atoms with Gasteiger partial charge in [-0.1, -0.05) is 38.3 Å². The number of hydrogen-bond acceptors (Lipinski definition) is 2. The number of amides is 1. The number of nitrogens with one attached hydrogen (secondary N) is 1. The molecule has 1 amide bonds. The van der Waals surface area contributed by atoms with E-state index in [2.05, 4.69) is 24.1 Å². The van der Waals surface area contributed by atoms with Gasteiger partial charge in [0.2, 0.25) is 0 Å². The molecular formula is C13H19ClN2O. The first-order valence-electron chi connectivity index (χ1n) is 5.99. The number of carbonyl (C=O) groups is 1. The molecule has 0 fully saturated rings. The zero-order valence-corrected chi connectivity index (χ0v) is 11.1. The predicted octanol–water partition coefficient (Wildman–Crippen LogP) is 3.29. The van der Waals surface area contributed by atoms with Crippen LogP contribution in [0.15, 0.2) is 18.3 Å². The average Bonchev–Trinajstić information content (AvgIpc) is 2.29. The van der Waals surface area contributed by atoms with E-state index in [1.165, 1.54) is 12.6 Å². The molecule has 1 heterocycles. The van der Waals surface area contributed by atoms with Crippen molar-refractivity contribution in [2.24, 2.45) is 5.92 Å². The van der Waals surface area contributed by atoms with E-state index in [1.54, 1.807) is 12.1 Å². The molecule has 17 heavy (non-hydrogen) atoms. The zero-order chi connectivity index (χ0) is 12.7. The molecule has 1 aromatic heterocycles. The third-order valence-corrected chi connectivity index (χ3v) is 2.71. The van der Waals surface area contributed by atoms with E-state index in [0.29, 0.717) is 17.3 Å². The summed E-state index contributed by atoms with van der Waals surface area (Å²) in [7, 11) is 0. The van der Waals surface area contributed by atoms with Gasteiger partial charge in [-0.3, -0.25) is 4.79 Å². The van der Waals surface area contributed by atoms with Crippen molar-refractivity contribution in [1.82, 2.24) is 10.3 Å². The Morgan fingerprint density at radius 1 is 1.41 bits per heavy atom. The molecule has 0 aliphatic carbocycles. The number of nitrogens with zero attached hydrogens (tertiary/aromatic N) is 1. The molecule has 94 valence electrons. The molecule has 0 unspecified atom stereocenters. The summed E-state index contributed by atoms with van der Waals surface area (Å²) >= 11 is 5.65. The van der Waals surface area contributed by atoms with Crippen molar-refractivity contribution in [3.8, 4) is 0 Å². The van der Waals surface area contributed by atoms with Crippen molar-refractivity contribution < 1.29 is 4.79 Å². The predicted molar refractivity (Wildman–Crippen MR) is 70.3 cm³/mol. The van der Waals surface area contributed by atoms with Crippen LogP contribution in [0.5, 0.6) is 0 Å². The highest BCUT2D eigenvalue weighted by atomic mass is 35.5. The maximum atomic E-state index is 11.7. The van der Waals surface area contributed by atoms with Gasteiger partial charge in [-0.05, 0) is 24.5 Å². The molecule has 0 atom stereocenters. The first-order chi connectivity index (χ1) is 8.09. The smallest absolute Gasteiger partial charge is 0.252 e. The molecular weight excluding hydrogens is 236 g/mol. The summed E-state index contributed by atoms with van der Waals surface area (Å²) in [6, 6.07) is 3.30. The molecule has 1 rings (SSSR count). The van der Waals surface area contributed by atoms with Gasteiger partial charge in [-0.25, -0.2) is 4.98 Å². The van der Waals surface area contributed by atoms with E-state index < -0.39 is 0 Å². The number of rotatable bonds is 6. The van der Waals surface area contributed by atoms with Crippen molar-refractivity contribution in [1.29, 1.82) is 0 Å². The van der Waals surface area contributed by atoms with E-state index in [9.17, 15) is 4.79 Å². The van der Waals surface area contributed by atoms with Crippen LogP contribution in [0.3, 0.4) is 0 Å². The first kappa shape index (κ1) is 14.0. The van der Waals surface area contributed by atoms with Crippen molar-refractivity contribution in [3.63, 3.8) is 0 Å². The van der Waals surface area contributed by atoms with Crippen molar-refractivity contribution in [3.05, 3.63) is 29.0 Å². The van der Waals surface area contributed by atoms with E-state index in [4.69, 9.17) is 11.6 Å². The van der Waals surface area contributed by atoms with Gasteiger partial charge in [0.15, 0.2) is 0 Å². The summed E-state index contributed by atoms with van der Waals surface area (Å²) in [5.74, 6) is 0.643. The number of carbonyl (C=O) groups excluding carboxylic acids is 1. The minimum atomic E-state index is -0.0845. The Hall–Kier alpha value is -1.09. The summed E-state index contributed by atoms with van der Waals surface area (Å²) in [6.45, 7) is 5.13. The number of pyridine rings is 1. The lowest BCUT2D eigenvalue weighted by Crippen LogP contribution is -2.24. The van der Waals surface area contributed by atoms with Gasteiger partial charge in [-0.2, -0.15) is 0 Å². The summed E-state index contributed by atoms with van der Waals surface area (Å²) in [5, 5.41) is 3.27. The lowest BCUT2D eigenvalue weighted by Gasteiger charge is -2.06. The van der Waals surface area contributed by atoms with Crippen LogP contribution in [0, 0.1) is 5.92 Å². The van der Waals surface area contributed by atoms with Crippen molar-refractivity contribution in [2.45, 2.75) is 33.1 Å². The lowest BCUT2D eigenvalue weighted by molar-refractivity contribution is 0.0952. The topological polar surface area (TPSA) is 42.0 Å². The third-order valence-electron chi connectivity index (χ3n) is 2.48. The van der Waals surface area contributed by atoms with Crippen LogP contribution < -0.4 is 5.32 Å². The Balaban J connectivity index is 2.23. The third kappa shape index (κ3) is 5.68. The molecule has 0 bridgehead atoms. The Morgan fingerprint density at radius 2 is 2.18 bits per heavy atom.